The van der Waals surface area contributed by atoms with Gasteiger partial charge in [0, 0.05) is 24.3 Å². The number of benzene rings is 1. The van der Waals surface area contributed by atoms with Gasteiger partial charge in [-0.05, 0) is 43.4 Å². The van der Waals surface area contributed by atoms with E-state index in [4.69, 9.17) is 4.98 Å². The molecule has 6 heteroatoms. The van der Waals surface area contributed by atoms with Gasteiger partial charge in [0.05, 0.1) is 5.52 Å². The van der Waals surface area contributed by atoms with Crippen LogP contribution in [0.4, 0.5) is 5.69 Å². The van der Waals surface area contributed by atoms with Gasteiger partial charge >= 0.3 is 0 Å². The van der Waals surface area contributed by atoms with E-state index in [0.717, 1.165) is 48.5 Å². The number of hydrogen-bond donors (Lipinski definition) is 1. The molecule has 1 aliphatic heterocycles. The molecule has 0 saturated heterocycles. The highest BCUT2D eigenvalue weighted by Gasteiger charge is 2.19. The fourth-order valence-electron chi connectivity index (χ4n) is 4.22. The average Bonchev–Trinajstić information content (AvgIpc) is 2.84. The van der Waals surface area contributed by atoms with Crippen molar-refractivity contribution in [2.45, 2.75) is 65.5 Å². The van der Waals surface area contributed by atoms with Crippen LogP contribution in [0.1, 0.15) is 56.1 Å². The summed E-state index contributed by atoms with van der Waals surface area (Å²) in [5.74, 6) is 1.04. The zero-order valence-corrected chi connectivity index (χ0v) is 17.4. The normalized spacial score (nSPS) is 14.1. The summed E-state index contributed by atoms with van der Waals surface area (Å²) in [7, 11) is 0. The molecule has 1 aromatic carbocycles. The van der Waals surface area contributed by atoms with Gasteiger partial charge in [0.15, 0.2) is 0 Å². The smallest absolute Gasteiger partial charge is 0.278 e. The Labute approximate surface area is 170 Å². The molecule has 0 aliphatic carbocycles. The van der Waals surface area contributed by atoms with Crippen molar-refractivity contribution in [3.63, 3.8) is 0 Å². The topological polar surface area (TPSA) is 68.9 Å². The van der Waals surface area contributed by atoms with E-state index in [0.29, 0.717) is 23.5 Å². The highest BCUT2D eigenvalue weighted by Crippen LogP contribution is 2.24. The molecule has 3 aromatic rings. The zero-order valence-electron chi connectivity index (χ0n) is 17.4. The molecule has 0 unspecified atom stereocenters. The van der Waals surface area contributed by atoms with Gasteiger partial charge in [0.2, 0.25) is 5.91 Å². The van der Waals surface area contributed by atoms with Crippen molar-refractivity contribution in [1.82, 2.24) is 14.1 Å². The summed E-state index contributed by atoms with van der Waals surface area (Å²) in [4.78, 5) is 30.8. The second-order valence-electron chi connectivity index (χ2n) is 8.19. The van der Waals surface area contributed by atoms with Crippen LogP contribution in [0.3, 0.4) is 0 Å². The number of carbonyl (C=O) groups is 1. The zero-order chi connectivity index (χ0) is 20.5. The Morgan fingerprint density at radius 1 is 1.21 bits per heavy atom. The summed E-state index contributed by atoms with van der Waals surface area (Å²) in [5.41, 5.74) is 3.98. The first-order valence-corrected chi connectivity index (χ1v) is 10.4. The number of amides is 1. The maximum atomic E-state index is 13.2. The van der Waals surface area contributed by atoms with E-state index < -0.39 is 0 Å². The molecule has 0 radical (unpaired) electrons. The summed E-state index contributed by atoms with van der Waals surface area (Å²) >= 11 is 0. The van der Waals surface area contributed by atoms with E-state index in [1.165, 1.54) is 0 Å². The highest BCUT2D eigenvalue weighted by molar-refractivity contribution is 5.92. The van der Waals surface area contributed by atoms with Gasteiger partial charge in [0.25, 0.3) is 5.56 Å². The van der Waals surface area contributed by atoms with Gasteiger partial charge in [0.1, 0.15) is 17.9 Å². The summed E-state index contributed by atoms with van der Waals surface area (Å²) in [6, 6.07) is 9.76. The van der Waals surface area contributed by atoms with Crippen LogP contribution in [0.25, 0.3) is 11.0 Å². The number of nitrogens with zero attached hydrogens (tertiary/aromatic N) is 3. The standard InChI is InChI=1S/C23H28N4O2/c1-15(2)17-9-6-7-10-18(17)25-21(28)14-27-16(3)13-19-22(27)23(29)26-12-8-4-5-11-20(26)24-19/h6-7,9-10,13,15H,4-5,8,11-12,14H2,1-3H3,(H,25,28). The molecule has 4 rings (SSSR count). The number of anilines is 1. The van der Waals surface area contributed by atoms with Gasteiger partial charge in [-0.1, -0.05) is 38.5 Å². The summed E-state index contributed by atoms with van der Waals surface area (Å²) in [5, 5.41) is 3.02. The monoisotopic (exact) mass is 392 g/mol. The van der Waals surface area contributed by atoms with E-state index in [1.54, 1.807) is 9.13 Å². The van der Waals surface area contributed by atoms with E-state index in [2.05, 4.69) is 19.2 Å². The molecule has 29 heavy (non-hydrogen) atoms. The predicted molar refractivity (Wildman–Crippen MR) is 115 cm³/mol. The molecule has 0 spiro atoms. The molecule has 0 saturated carbocycles. The minimum Gasteiger partial charge on any atom is -0.330 e. The number of rotatable bonds is 4. The lowest BCUT2D eigenvalue weighted by molar-refractivity contribution is -0.116. The van der Waals surface area contributed by atoms with Crippen molar-refractivity contribution in [2.75, 3.05) is 5.32 Å². The average molecular weight is 393 g/mol. The number of hydrogen-bond acceptors (Lipinski definition) is 3. The minimum atomic E-state index is -0.141. The molecule has 1 N–H and O–H groups in total. The van der Waals surface area contributed by atoms with Crippen LogP contribution in [0.2, 0.25) is 0 Å². The Balaban J connectivity index is 1.68. The minimum absolute atomic E-state index is 0.0321. The van der Waals surface area contributed by atoms with E-state index in [9.17, 15) is 9.59 Å². The fourth-order valence-corrected chi connectivity index (χ4v) is 4.22. The van der Waals surface area contributed by atoms with Crippen LogP contribution in [0.15, 0.2) is 35.1 Å². The molecule has 1 amide bonds. The van der Waals surface area contributed by atoms with Crippen molar-refractivity contribution in [3.05, 3.63) is 57.8 Å². The number of aromatic nitrogens is 3. The van der Waals surface area contributed by atoms with Gasteiger partial charge in [-0.3, -0.25) is 14.2 Å². The van der Waals surface area contributed by atoms with Crippen LogP contribution in [0.5, 0.6) is 0 Å². The second kappa shape index (κ2) is 7.85. The lowest BCUT2D eigenvalue weighted by Crippen LogP contribution is -2.28. The SMILES string of the molecule is Cc1cc2nc3n(c(=O)c2n1CC(=O)Nc1ccccc1C(C)C)CCCCC3. The second-order valence-corrected chi connectivity index (χ2v) is 8.19. The number of aryl methyl sites for hydroxylation is 2. The van der Waals surface area contributed by atoms with Crippen molar-refractivity contribution in [1.29, 1.82) is 0 Å². The van der Waals surface area contributed by atoms with Gasteiger partial charge < -0.3 is 9.88 Å². The van der Waals surface area contributed by atoms with Crippen LogP contribution in [0, 0.1) is 6.92 Å². The maximum absolute atomic E-state index is 13.2. The molecular weight excluding hydrogens is 364 g/mol. The first kappa shape index (κ1) is 19.4. The van der Waals surface area contributed by atoms with Gasteiger partial charge in [-0.25, -0.2) is 4.98 Å². The van der Waals surface area contributed by atoms with Crippen molar-refractivity contribution in [2.24, 2.45) is 0 Å². The molecule has 0 bridgehead atoms. The molecule has 1 aliphatic rings. The number of carbonyl (C=O) groups excluding carboxylic acids is 1. The summed E-state index contributed by atoms with van der Waals surface area (Å²) < 4.78 is 3.60. The number of nitrogens with one attached hydrogen (secondary N) is 1. The largest absolute Gasteiger partial charge is 0.330 e. The third kappa shape index (κ3) is 3.71. The molecule has 152 valence electrons. The van der Waals surface area contributed by atoms with Crippen LogP contribution in [-0.4, -0.2) is 20.0 Å². The van der Waals surface area contributed by atoms with E-state index in [-0.39, 0.29) is 18.0 Å². The van der Waals surface area contributed by atoms with Crippen LogP contribution in [-0.2, 0) is 24.3 Å². The number of para-hydroxylation sites is 1. The quantitative estimate of drug-likeness (QED) is 0.730. The van der Waals surface area contributed by atoms with Gasteiger partial charge in [-0.15, -0.1) is 0 Å². The summed E-state index contributed by atoms with van der Waals surface area (Å²) in [6.07, 6.45) is 4.01. The predicted octanol–water partition coefficient (Wildman–Crippen LogP) is 3.99. The van der Waals surface area contributed by atoms with Gasteiger partial charge in [-0.2, -0.15) is 0 Å². The number of fused-ring (bicyclic) bond motifs is 2. The molecule has 6 nitrogen and oxygen atoms in total. The highest BCUT2D eigenvalue weighted by atomic mass is 16.2. The Bertz CT molecular complexity index is 1120. The molecule has 0 fully saturated rings. The first-order valence-electron chi connectivity index (χ1n) is 10.4. The molecular formula is C23H28N4O2. The molecule has 0 atom stereocenters. The Morgan fingerprint density at radius 3 is 2.79 bits per heavy atom. The van der Waals surface area contributed by atoms with Crippen molar-refractivity contribution < 1.29 is 4.79 Å². The maximum Gasteiger partial charge on any atom is 0.278 e. The fraction of sp³-hybridized carbons (Fsp3) is 0.435. The van der Waals surface area contributed by atoms with Crippen molar-refractivity contribution >= 4 is 22.6 Å². The molecule has 2 aromatic heterocycles. The molecule has 3 heterocycles. The van der Waals surface area contributed by atoms with Crippen molar-refractivity contribution in [3.8, 4) is 0 Å². The summed E-state index contributed by atoms with van der Waals surface area (Å²) in [6.45, 7) is 6.93. The van der Waals surface area contributed by atoms with Crippen LogP contribution < -0.4 is 10.9 Å². The van der Waals surface area contributed by atoms with E-state index in [1.807, 2.05) is 37.3 Å². The Hall–Kier alpha value is -2.89. The third-order valence-electron chi connectivity index (χ3n) is 5.73. The lowest BCUT2D eigenvalue weighted by Gasteiger charge is -2.15. The van der Waals surface area contributed by atoms with Crippen LogP contribution >= 0.6 is 0 Å². The third-order valence-corrected chi connectivity index (χ3v) is 5.73. The Morgan fingerprint density at radius 2 is 2.00 bits per heavy atom. The Kier molecular flexibility index (Phi) is 5.26. The first-order chi connectivity index (χ1) is 14.0. The lowest BCUT2D eigenvalue weighted by atomic mass is 10.0. The van der Waals surface area contributed by atoms with E-state index >= 15 is 0 Å².